The van der Waals surface area contributed by atoms with Gasteiger partial charge in [0.1, 0.15) is 0 Å². The number of nitrogens with zero attached hydrogens (tertiary/aromatic N) is 1. The van der Waals surface area contributed by atoms with Crippen LogP contribution in [0.5, 0.6) is 0 Å². The van der Waals surface area contributed by atoms with Crippen LogP contribution in [0, 0.1) is 0 Å². The van der Waals surface area contributed by atoms with Crippen molar-refractivity contribution in [3.05, 3.63) is 46.4 Å². The Labute approximate surface area is 109 Å². The number of nitrogens with one attached hydrogen (secondary N) is 1. The monoisotopic (exact) mass is 260 g/mol. The van der Waals surface area contributed by atoms with Gasteiger partial charge in [-0.25, -0.2) is 4.98 Å². The van der Waals surface area contributed by atoms with Gasteiger partial charge in [0.2, 0.25) is 5.91 Å². The number of carbonyl (C=O) groups excluding carboxylic acids is 2. The van der Waals surface area contributed by atoms with Gasteiger partial charge in [-0.05, 0) is 19.1 Å². The molecule has 1 aromatic carbocycles. The minimum Gasteiger partial charge on any atom is -0.326 e. The van der Waals surface area contributed by atoms with E-state index < -0.39 is 0 Å². The standard InChI is InChI=1S/C13H12N2O2S/c1-9(16)10-3-2-4-11(5-10)15-13(17)6-12-7-18-8-14-12/h2-5,7-8H,6H2,1H3,(H,15,17). The average molecular weight is 260 g/mol. The molecule has 0 aliphatic carbocycles. The van der Waals surface area contributed by atoms with Crippen LogP contribution >= 0.6 is 11.3 Å². The molecule has 1 amide bonds. The van der Waals surface area contributed by atoms with Crippen molar-refractivity contribution in [3.8, 4) is 0 Å². The lowest BCUT2D eigenvalue weighted by molar-refractivity contribution is -0.115. The first-order valence-corrected chi connectivity index (χ1v) is 6.37. The van der Waals surface area contributed by atoms with Gasteiger partial charge in [0, 0.05) is 16.6 Å². The van der Waals surface area contributed by atoms with Crippen molar-refractivity contribution in [3.63, 3.8) is 0 Å². The smallest absolute Gasteiger partial charge is 0.230 e. The predicted octanol–water partition coefficient (Wildman–Crippen LogP) is 2.53. The molecule has 0 fully saturated rings. The van der Waals surface area contributed by atoms with Gasteiger partial charge < -0.3 is 5.32 Å². The molecular weight excluding hydrogens is 248 g/mol. The van der Waals surface area contributed by atoms with Crippen LogP contribution in [0.4, 0.5) is 5.69 Å². The fourth-order valence-electron chi connectivity index (χ4n) is 1.51. The van der Waals surface area contributed by atoms with Crippen molar-refractivity contribution >= 4 is 28.7 Å². The number of Topliss-reactive ketones (excluding diaryl/α,β-unsaturated/α-hetero) is 1. The number of hydrogen-bond donors (Lipinski definition) is 1. The van der Waals surface area contributed by atoms with Gasteiger partial charge in [0.25, 0.3) is 0 Å². The lowest BCUT2D eigenvalue weighted by Crippen LogP contribution is -2.14. The van der Waals surface area contributed by atoms with Crippen LogP contribution < -0.4 is 5.32 Å². The molecule has 0 saturated carbocycles. The lowest BCUT2D eigenvalue weighted by Gasteiger charge is -2.05. The Bertz CT molecular complexity index is 564. The van der Waals surface area contributed by atoms with Crippen molar-refractivity contribution in [2.45, 2.75) is 13.3 Å². The first kappa shape index (κ1) is 12.4. The molecule has 4 nitrogen and oxygen atoms in total. The number of ketones is 1. The maximum atomic E-state index is 11.7. The number of amides is 1. The molecule has 1 heterocycles. The number of thiazole rings is 1. The van der Waals surface area contributed by atoms with E-state index in [0.29, 0.717) is 11.3 Å². The van der Waals surface area contributed by atoms with Gasteiger partial charge in [-0.1, -0.05) is 12.1 Å². The molecule has 2 rings (SSSR count). The second-order valence-electron chi connectivity index (χ2n) is 3.84. The second-order valence-corrected chi connectivity index (χ2v) is 4.56. The van der Waals surface area contributed by atoms with Crippen molar-refractivity contribution in [1.29, 1.82) is 0 Å². The van der Waals surface area contributed by atoms with Gasteiger partial charge in [-0.2, -0.15) is 0 Å². The van der Waals surface area contributed by atoms with Crippen molar-refractivity contribution in [1.82, 2.24) is 4.98 Å². The molecule has 0 radical (unpaired) electrons. The van der Waals surface area contributed by atoms with Crippen LogP contribution in [0.25, 0.3) is 0 Å². The largest absolute Gasteiger partial charge is 0.326 e. The van der Waals surface area contributed by atoms with E-state index in [9.17, 15) is 9.59 Å². The number of hydrogen-bond acceptors (Lipinski definition) is 4. The minimum absolute atomic E-state index is 0.0226. The van der Waals surface area contributed by atoms with E-state index in [0.717, 1.165) is 5.69 Å². The summed E-state index contributed by atoms with van der Waals surface area (Å²) in [6, 6.07) is 6.89. The summed E-state index contributed by atoms with van der Waals surface area (Å²) in [5.41, 5.74) is 3.66. The Morgan fingerprint density at radius 2 is 2.22 bits per heavy atom. The lowest BCUT2D eigenvalue weighted by atomic mass is 10.1. The molecule has 2 aromatic rings. The minimum atomic E-state index is -0.137. The third-order valence-corrected chi connectivity index (χ3v) is 3.01. The van der Waals surface area contributed by atoms with Gasteiger partial charge in [-0.15, -0.1) is 11.3 Å². The van der Waals surface area contributed by atoms with Gasteiger partial charge >= 0.3 is 0 Å². The molecule has 5 heteroatoms. The Balaban J connectivity index is 2.03. The number of rotatable bonds is 4. The Hall–Kier alpha value is -2.01. The van der Waals surface area contributed by atoms with Crippen LogP contribution in [0.1, 0.15) is 23.0 Å². The molecule has 92 valence electrons. The molecule has 0 atom stereocenters. The van der Waals surface area contributed by atoms with E-state index in [1.807, 2.05) is 5.38 Å². The first-order chi connectivity index (χ1) is 8.65. The summed E-state index contributed by atoms with van der Waals surface area (Å²) in [5, 5.41) is 4.59. The highest BCUT2D eigenvalue weighted by Crippen LogP contribution is 2.12. The van der Waals surface area contributed by atoms with Crippen LogP contribution in [0.15, 0.2) is 35.2 Å². The molecule has 0 spiro atoms. The Morgan fingerprint density at radius 1 is 1.39 bits per heavy atom. The normalized spacial score (nSPS) is 10.1. The third kappa shape index (κ3) is 3.24. The summed E-state index contributed by atoms with van der Waals surface area (Å²) in [4.78, 5) is 27.0. The zero-order chi connectivity index (χ0) is 13.0. The fourth-order valence-corrected chi connectivity index (χ4v) is 2.07. The fraction of sp³-hybridized carbons (Fsp3) is 0.154. The third-order valence-electron chi connectivity index (χ3n) is 2.38. The Morgan fingerprint density at radius 3 is 2.89 bits per heavy atom. The summed E-state index contributed by atoms with van der Waals surface area (Å²) in [6.07, 6.45) is 0.244. The summed E-state index contributed by atoms with van der Waals surface area (Å²) in [7, 11) is 0. The first-order valence-electron chi connectivity index (χ1n) is 5.43. The van der Waals surface area contributed by atoms with E-state index in [1.54, 1.807) is 29.8 Å². The highest BCUT2D eigenvalue weighted by Gasteiger charge is 2.06. The number of benzene rings is 1. The SMILES string of the molecule is CC(=O)c1cccc(NC(=O)Cc2cscn2)c1. The van der Waals surface area contributed by atoms with Crippen molar-refractivity contribution in [2.75, 3.05) is 5.32 Å². The number of aromatic nitrogens is 1. The molecule has 0 aliphatic rings. The maximum Gasteiger partial charge on any atom is 0.230 e. The highest BCUT2D eigenvalue weighted by atomic mass is 32.1. The van der Waals surface area contributed by atoms with Crippen LogP contribution in [0.3, 0.4) is 0 Å². The Kier molecular flexibility index (Phi) is 3.84. The molecule has 0 unspecified atom stereocenters. The average Bonchev–Trinajstić information content (AvgIpc) is 2.82. The zero-order valence-electron chi connectivity index (χ0n) is 9.84. The number of carbonyl (C=O) groups is 2. The topological polar surface area (TPSA) is 59.1 Å². The second kappa shape index (κ2) is 5.55. The van der Waals surface area contributed by atoms with Crippen molar-refractivity contribution in [2.24, 2.45) is 0 Å². The predicted molar refractivity (Wildman–Crippen MR) is 70.9 cm³/mol. The summed E-state index contributed by atoms with van der Waals surface area (Å²) in [5.74, 6) is -0.160. The van der Waals surface area contributed by atoms with E-state index in [4.69, 9.17) is 0 Å². The maximum absolute atomic E-state index is 11.7. The quantitative estimate of drug-likeness (QED) is 0.859. The summed E-state index contributed by atoms with van der Waals surface area (Å²) >= 11 is 1.46. The molecule has 0 aliphatic heterocycles. The summed E-state index contributed by atoms with van der Waals surface area (Å²) < 4.78 is 0. The van der Waals surface area contributed by atoms with Crippen LogP contribution in [0.2, 0.25) is 0 Å². The van der Waals surface area contributed by atoms with Gasteiger partial charge in [-0.3, -0.25) is 9.59 Å². The highest BCUT2D eigenvalue weighted by molar-refractivity contribution is 7.07. The van der Waals surface area contributed by atoms with Gasteiger partial charge in [0.15, 0.2) is 5.78 Å². The molecule has 0 bridgehead atoms. The van der Waals surface area contributed by atoms with E-state index in [-0.39, 0.29) is 18.1 Å². The van der Waals surface area contributed by atoms with E-state index in [2.05, 4.69) is 10.3 Å². The zero-order valence-corrected chi connectivity index (χ0v) is 10.7. The molecule has 1 aromatic heterocycles. The summed E-state index contributed by atoms with van der Waals surface area (Å²) in [6.45, 7) is 1.50. The van der Waals surface area contributed by atoms with Crippen molar-refractivity contribution < 1.29 is 9.59 Å². The van der Waals surface area contributed by atoms with Crippen LogP contribution in [-0.4, -0.2) is 16.7 Å². The van der Waals surface area contributed by atoms with E-state index >= 15 is 0 Å². The molecule has 0 saturated heterocycles. The molecular formula is C13H12N2O2S. The van der Waals surface area contributed by atoms with Gasteiger partial charge in [0.05, 0.1) is 17.6 Å². The van der Waals surface area contributed by atoms with Crippen LogP contribution in [-0.2, 0) is 11.2 Å². The molecule has 18 heavy (non-hydrogen) atoms. The molecule has 1 N–H and O–H groups in total. The number of anilines is 1. The van der Waals surface area contributed by atoms with E-state index in [1.165, 1.54) is 18.3 Å².